The van der Waals surface area contributed by atoms with Crippen LogP contribution in [0.15, 0.2) is 18.2 Å². The summed E-state index contributed by atoms with van der Waals surface area (Å²) >= 11 is 0.766. The van der Waals surface area contributed by atoms with E-state index in [9.17, 15) is 22.0 Å². The fourth-order valence-corrected chi connectivity index (χ4v) is 8.01. The van der Waals surface area contributed by atoms with Crippen LogP contribution in [0.3, 0.4) is 0 Å². The molecule has 2 atom stereocenters. The molecule has 238 valence electrons. The van der Waals surface area contributed by atoms with Crippen LogP contribution in [0.25, 0.3) is 32.2 Å². The summed E-state index contributed by atoms with van der Waals surface area (Å²) in [5.74, 6) is -1.81. The molecule has 0 amide bonds. The first-order valence-corrected chi connectivity index (χ1v) is 15.8. The Labute approximate surface area is 257 Å². The largest absolute Gasteiger partial charge is 0.461 e. The number of nitrogens with one attached hydrogen (secondary N) is 1. The molecule has 8 rings (SSSR count). The molecule has 0 unspecified atom stereocenters. The van der Waals surface area contributed by atoms with Gasteiger partial charge in [0, 0.05) is 48.6 Å². The Hall–Kier alpha value is -3.43. The number of rotatable bonds is 7. The number of hydrogen-bond acceptors (Lipinski definition) is 9. The fraction of sp³-hybridized carbons (Fsp3) is 0.500. The number of fused-ring (bicyclic) bond motifs is 3. The molecule has 2 aromatic heterocycles. The second-order valence-electron chi connectivity index (χ2n) is 12.5. The third-order valence-corrected chi connectivity index (χ3v) is 10.4. The topological polar surface area (TPSA) is 92.4 Å². The molecule has 0 spiro atoms. The quantitative estimate of drug-likeness (QED) is 0.247. The zero-order valence-electron chi connectivity index (χ0n) is 23.9. The van der Waals surface area contributed by atoms with Crippen LogP contribution in [0, 0.1) is 11.6 Å². The van der Waals surface area contributed by atoms with Crippen LogP contribution >= 0.6 is 11.3 Å². The van der Waals surface area contributed by atoms with Gasteiger partial charge in [-0.3, -0.25) is 4.90 Å². The number of nitrogens with two attached hydrogens (primary N) is 1. The van der Waals surface area contributed by atoms with Gasteiger partial charge in [-0.1, -0.05) is 11.3 Å². The zero-order valence-corrected chi connectivity index (χ0v) is 24.7. The smallest absolute Gasteiger partial charge is 0.417 e. The highest BCUT2D eigenvalue weighted by atomic mass is 32.1. The number of ether oxygens (including phenoxy) is 1. The standard InChI is InChI=1S/C30H29F6N7OS/c31-14-9-29(6-1-7-42(29)12-14)13-44-28-40-23-18(26(41-28)43(15-2-3-15)16-10-38-11-16)8-19(30(34,35)36)21(22(23)33)17-4-5-20(32)25-24(17)39-27(37)45-25/h4-5,8,14-16,38H,1-3,6-7,9-13H2,(H2,37,39)/t14-,29-/m1/s1. The van der Waals surface area contributed by atoms with Gasteiger partial charge in [0.15, 0.2) is 10.9 Å². The number of hydrogen-bond donors (Lipinski definition) is 2. The molecule has 4 fully saturated rings. The van der Waals surface area contributed by atoms with Gasteiger partial charge in [-0.15, -0.1) is 0 Å². The molecule has 5 heterocycles. The van der Waals surface area contributed by atoms with Gasteiger partial charge >= 0.3 is 12.2 Å². The average Bonchev–Trinajstić information content (AvgIpc) is 3.49. The molecule has 4 aromatic rings. The van der Waals surface area contributed by atoms with Crippen molar-refractivity contribution >= 4 is 43.4 Å². The summed E-state index contributed by atoms with van der Waals surface area (Å²) < 4.78 is 96.3. The molecule has 3 N–H and O–H groups in total. The van der Waals surface area contributed by atoms with E-state index in [4.69, 9.17) is 10.5 Å². The monoisotopic (exact) mass is 649 g/mol. The van der Waals surface area contributed by atoms with Gasteiger partial charge in [-0.2, -0.15) is 23.1 Å². The molecule has 15 heteroatoms. The Morgan fingerprint density at radius 1 is 1.11 bits per heavy atom. The highest BCUT2D eigenvalue weighted by Gasteiger charge is 2.49. The van der Waals surface area contributed by atoms with Crippen LogP contribution < -0.4 is 20.7 Å². The Morgan fingerprint density at radius 3 is 2.62 bits per heavy atom. The van der Waals surface area contributed by atoms with Gasteiger partial charge < -0.3 is 20.7 Å². The molecule has 1 saturated carbocycles. The van der Waals surface area contributed by atoms with Crippen LogP contribution in [0.5, 0.6) is 6.01 Å². The van der Waals surface area contributed by atoms with E-state index in [-0.39, 0.29) is 62.3 Å². The lowest BCUT2D eigenvalue weighted by atomic mass is 9.94. The van der Waals surface area contributed by atoms with Gasteiger partial charge in [0.1, 0.15) is 29.9 Å². The molecule has 4 aliphatic rings. The van der Waals surface area contributed by atoms with E-state index in [0.29, 0.717) is 26.1 Å². The molecule has 3 aliphatic heterocycles. The number of thiazole rings is 1. The van der Waals surface area contributed by atoms with Crippen molar-refractivity contribution in [3.8, 4) is 17.1 Å². The summed E-state index contributed by atoms with van der Waals surface area (Å²) in [5.41, 5.74) is 2.41. The highest BCUT2D eigenvalue weighted by molar-refractivity contribution is 7.22. The normalized spacial score (nSPS) is 24.0. The van der Waals surface area contributed by atoms with Crippen molar-refractivity contribution in [3.63, 3.8) is 0 Å². The second-order valence-corrected chi connectivity index (χ2v) is 13.5. The van der Waals surface area contributed by atoms with Crippen LogP contribution in [0.4, 0.5) is 37.3 Å². The van der Waals surface area contributed by atoms with Gasteiger partial charge in [0.25, 0.3) is 0 Å². The number of nitrogen functional groups attached to an aromatic ring is 1. The van der Waals surface area contributed by atoms with Crippen LogP contribution in [0.1, 0.15) is 37.7 Å². The Kier molecular flexibility index (Phi) is 6.63. The maximum Gasteiger partial charge on any atom is 0.417 e. The Bertz CT molecular complexity index is 1830. The van der Waals surface area contributed by atoms with Gasteiger partial charge in [-0.25, -0.2) is 18.2 Å². The minimum absolute atomic E-state index is 0.0286. The SMILES string of the molecule is Nc1nc2c(-c3c(C(F)(F)F)cc4c(N(C5CC5)C5CNC5)nc(OC[C@]56CCCN5C[C@H](F)C6)nc4c3F)ccc(F)c2s1. The first kappa shape index (κ1) is 29.0. The van der Waals surface area contributed by atoms with Crippen molar-refractivity contribution in [1.82, 2.24) is 25.2 Å². The first-order chi connectivity index (χ1) is 21.5. The maximum atomic E-state index is 16.8. The molecule has 0 bridgehead atoms. The number of benzene rings is 2. The van der Waals surface area contributed by atoms with E-state index in [2.05, 4.69) is 25.2 Å². The third kappa shape index (κ3) is 4.76. The molecule has 2 aromatic carbocycles. The number of aromatic nitrogens is 3. The minimum atomic E-state index is -4.99. The van der Waals surface area contributed by atoms with Crippen molar-refractivity contribution in [2.45, 2.75) is 62.1 Å². The maximum absolute atomic E-state index is 16.8. The lowest BCUT2D eigenvalue weighted by Crippen LogP contribution is -2.58. The highest BCUT2D eigenvalue weighted by Crippen LogP contribution is 2.47. The number of alkyl halides is 4. The van der Waals surface area contributed by atoms with E-state index in [0.717, 1.165) is 61.8 Å². The van der Waals surface area contributed by atoms with E-state index in [1.54, 1.807) is 0 Å². The molecule has 8 nitrogen and oxygen atoms in total. The van der Waals surface area contributed by atoms with Crippen molar-refractivity contribution in [2.24, 2.45) is 0 Å². The summed E-state index contributed by atoms with van der Waals surface area (Å²) in [5, 5.41) is 3.02. The second kappa shape index (κ2) is 10.3. The predicted molar refractivity (Wildman–Crippen MR) is 158 cm³/mol. The van der Waals surface area contributed by atoms with Crippen molar-refractivity contribution in [2.75, 3.05) is 43.4 Å². The first-order valence-electron chi connectivity index (χ1n) is 15.0. The fourth-order valence-electron chi connectivity index (χ4n) is 7.25. The van der Waals surface area contributed by atoms with E-state index in [1.165, 1.54) is 0 Å². The molecular weight excluding hydrogens is 620 g/mol. The third-order valence-electron chi connectivity index (χ3n) is 9.55. The van der Waals surface area contributed by atoms with Crippen LogP contribution in [-0.4, -0.2) is 76.4 Å². The lowest BCUT2D eigenvalue weighted by Gasteiger charge is -2.40. The summed E-state index contributed by atoms with van der Waals surface area (Å²) in [6.07, 6.45) is -2.44. The van der Waals surface area contributed by atoms with E-state index < -0.39 is 40.6 Å². The molecule has 3 saturated heterocycles. The van der Waals surface area contributed by atoms with Crippen molar-refractivity contribution in [1.29, 1.82) is 0 Å². The van der Waals surface area contributed by atoms with Crippen molar-refractivity contribution < 1.29 is 31.1 Å². The minimum Gasteiger partial charge on any atom is -0.461 e. The summed E-state index contributed by atoms with van der Waals surface area (Å²) in [6.45, 7) is 2.31. The Morgan fingerprint density at radius 2 is 1.91 bits per heavy atom. The summed E-state index contributed by atoms with van der Waals surface area (Å²) in [4.78, 5) is 17.1. The zero-order chi connectivity index (χ0) is 31.2. The van der Waals surface area contributed by atoms with Crippen molar-refractivity contribution in [3.05, 3.63) is 35.4 Å². The Balaban J connectivity index is 1.34. The predicted octanol–water partition coefficient (Wildman–Crippen LogP) is 5.68. The number of nitrogens with zero attached hydrogens (tertiary/aromatic N) is 5. The number of anilines is 2. The summed E-state index contributed by atoms with van der Waals surface area (Å²) in [6, 6.07) is 2.71. The lowest BCUT2D eigenvalue weighted by molar-refractivity contribution is -0.137. The molecule has 0 radical (unpaired) electrons. The van der Waals surface area contributed by atoms with E-state index in [1.807, 2.05) is 4.90 Å². The van der Waals surface area contributed by atoms with Crippen LogP contribution in [-0.2, 0) is 6.18 Å². The van der Waals surface area contributed by atoms with Crippen LogP contribution in [0.2, 0.25) is 0 Å². The van der Waals surface area contributed by atoms with Gasteiger partial charge in [-0.05, 0) is 50.4 Å². The number of halogens is 6. The van der Waals surface area contributed by atoms with Gasteiger partial charge in [0.2, 0.25) is 0 Å². The van der Waals surface area contributed by atoms with Gasteiger partial charge in [0.05, 0.1) is 27.4 Å². The average molecular weight is 650 g/mol. The molecule has 1 aliphatic carbocycles. The summed E-state index contributed by atoms with van der Waals surface area (Å²) in [7, 11) is 0. The molecule has 45 heavy (non-hydrogen) atoms. The molecular formula is C30H29F6N7OS. The van der Waals surface area contributed by atoms with E-state index >= 15 is 4.39 Å².